The number of tetrazole rings is 1. The third-order valence-corrected chi connectivity index (χ3v) is 5.77. The Morgan fingerprint density at radius 3 is 2.78 bits per heavy atom. The summed E-state index contributed by atoms with van der Waals surface area (Å²) in [4.78, 5) is 17.6. The Morgan fingerprint density at radius 2 is 2.00 bits per heavy atom. The number of hydrogen-bond acceptors (Lipinski definition) is 9. The van der Waals surface area contributed by atoms with Gasteiger partial charge in [-0.2, -0.15) is 0 Å². The summed E-state index contributed by atoms with van der Waals surface area (Å²) in [6, 6.07) is 5.52. The number of aromatic nitrogens is 5. The molecule has 2 N–H and O–H groups in total. The fourth-order valence-corrected chi connectivity index (χ4v) is 4.16. The molecular formula is C21H26N6O5. The molecule has 0 saturated carbocycles. The topological polar surface area (TPSA) is 128 Å². The SMILES string of the molecule is O=c1[nH]c2cc3c(cc2cc1CN(CCO)Cc1nnnn1CC1CCCO1)OCCO3. The average molecular weight is 442 g/mol. The van der Waals surface area contributed by atoms with Crippen molar-refractivity contribution >= 4 is 10.9 Å². The van der Waals surface area contributed by atoms with Gasteiger partial charge in [0.1, 0.15) is 13.2 Å². The van der Waals surface area contributed by atoms with Gasteiger partial charge in [0, 0.05) is 36.7 Å². The zero-order valence-corrected chi connectivity index (χ0v) is 17.7. The lowest BCUT2D eigenvalue weighted by Crippen LogP contribution is -2.31. The lowest BCUT2D eigenvalue weighted by molar-refractivity contribution is 0.0912. The Kier molecular flexibility index (Phi) is 6.02. The Labute approximate surface area is 183 Å². The van der Waals surface area contributed by atoms with Gasteiger partial charge in [0.05, 0.1) is 31.3 Å². The maximum atomic E-state index is 12.8. The van der Waals surface area contributed by atoms with Crippen LogP contribution < -0.4 is 15.0 Å². The molecule has 32 heavy (non-hydrogen) atoms. The molecule has 0 spiro atoms. The number of benzene rings is 1. The molecule has 5 rings (SSSR count). The fraction of sp³-hybridized carbons (Fsp3) is 0.524. The van der Waals surface area contributed by atoms with Crippen LogP contribution in [0.15, 0.2) is 23.0 Å². The van der Waals surface area contributed by atoms with Crippen LogP contribution in [-0.2, 0) is 24.4 Å². The first-order valence-corrected chi connectivity index (χ1v) is 10.8. The third kappa shape index (κ3) is 4.45. The summed E-state index contributed by atoms with van der Waals surface area (Å²) >= 11 is 0. The van der Waals surface area contributed by atoms with Crippen LogP contribution in [0.1, 0.15) is 24.2 Å². The molecule has 3 aromatic rings. The lowest BCUT2D eigenvalue weighted by atomic mass is 10.1. The Hall–Kier alpha value is -3.02. The van der Waals surface area contributed by atoms with Crippen molar-refractivity contribution in [2.45, 2.75) is 38.6 Å². The molecule has 1 fully saturated rings. The molecule has 0 bridgehead atoms. The third-order valence-electron chi connectivity index (χ3n) is 5.77. The summed E-state index contributed by atoms with van der Waals surface area (Å²) in [5.41, 5.74) is 1.09. The predicted octanol–water partition coefficient (Wildman–Crippen LogP) is 0.459. The van der Waals surface area contributed by atoms with Crippen molar-refractivity contribution in [3.63, 3.8) is 0 Å². The van der Waals surface area contributed by atoms with Crippen molar-refractivity contribution in [2.24, 2.45) is 0 Å². The van der Waals surface area contributed by atoms with Crippen LogP contribution in [0.3, 0.4) is 0 Å². The van der Waals surface area contributed by atoms with Crippen LogP contribution in [-0.4, -0.2) is 74.3 Å². The second-order valence-corrected chi connectivity index (χ2v) is 8.05. The van der Waals surface area contributed by atoms with E-state index in [1.807, 2.05) is 17.0 Å². The molecule has 0 amide bonds. The van der Waals surface area contributed by atoms with Gasteiger partial charge in [-0.1, -0.05) is 0 Å². The smallest absolute Gasteiger partial charge is 0.252 e. The quantitative estimate of drug-likeness (QED) is 0.511. The molecule has 2 aliphatic rings. The van der Waals surface area contributed by atoms with Gasteiger partial charge < -0.3 is 24.3 Å². The van der Waals surface area contributed by atoms with E-state index < -0.39 is 0 Å². The first kappa shape index (κ1) is 20.9. The van der Waals surface area contributed by atoms with E-state index in [1.54, 1.807) is 10.7 Å². The molecule has 1 unspecified atom stereocenters. The number of aromatic amines is 1. The number of rotatable bonds is 8. The lowest BCUT2D eigenvalue weighted by Gasteiger charge is -2.21. The normalized spacial score (nSPS) is 18.0. The largest absolute Gasteiger partial charge is 0.486 e. The monoisotopic (exact) mass is 442 g/mol. The van der Waals surface area contributed by atoms with Crippen molar-refractivity contribution in [2.75, 3.05) is 33.0 Å². The molecular weight excluding hydrogens is 416 g/mol. The van der Waals surface area contributed by atoms with Crippen molar-refractivity contribution in [1.82, 2.24) is 30.1 Å². The number of H-pyrrole nitrogens is 1. The van der Waals surface area contributed by atoms with Gasteiger partial charge in [0.15, 0.2) is 17.3 Å². The van der Waals surface area contributed by atoms with Crippen LogP contribution in [0.4, 0.5) is 0 Å². The molecule has 1 atom stereocenters. The van der Waals surface area contributed by atoms with Gasteiger partial charge >= 0.3 is 0 Å². The second kappa shape index (κ2) is 9.23. The number of hydrogen-bond donors (Lipinski definition) is 2. The Balaban J connectivity index is 1.36. The first-order chi connectivity index (χ1) is 15.7. The summed E-state index contributed by atoms with van der Waals surface area (Å²) in [7, 11) is 0. The molecule has 11 heteroatoms. The van der Waals surface area contributed by atoms with Crippen molar-refractivity contribution in [1.29, 1.82) is 0 Å². The number of aliphatic hydroxyl groups excluding tert-OH is 1. The van der Waals surface area contributed by atoms with Crippen molar-refractivity contribution < 1.29 is 19.3 Å². The van der Waals surface area contributed by atoms with E-state index in [4.69, 9.17) is 14.2 Å². The van der Waals surface area contributed by atoms with E-state index in [0.717, 1.165) is 24.8 Å². The zero-order valence-electron chi connectivity index (χ0n) is 17.7. The fourth-order valence-electron chi connectivity index (χ4n) is 4.16. The number of aliphatic hydroxyl groups is 1. The molecule has 2 aliphatic heterocycles. The highest BCUT2D eigenvalue weighted by molar-refractivity contribution is 5.83. The number of pyridine rings is 1. The first-order valence-electron chi connectivity index (χ1n) is 10.8. The second-order valence-electron chi connectivity index (χ2n) is 8.05. The Bertz CT molecular complexity index is 1140. The number of ether oxygens (including phenoxy) is 3. The van der Waals surface area contributed by atoms with Crippen LogP contribution in [0.25, 0.3) is 10.9 Å². The van der Waals surface area contributed by atoms with Crippen LogP contribution >= 0.6 is 0 Å². The van der Waals surface area contributed by atoms with Crippen LogP contribution in [0, 0.1) is 0 Å². The molecule has 0 radical (unpaired) electrons. The van der Waals surface area contributed by atoms with E-state index >= 15 is 0 Å². The van der Waals surface area contributed by atoms with Gasteiger partial charge in [0.2, 0.25) is 0 Å². The molecule has 2 aromatic heterocycles. The Morgan fingerprint density at radius 1 is 1.16 bits per heavy atom. The summed E-state index contributed by atoms with van der Waals surface area (Å²) < 4.78 is 18.7. The average Bonchev–Trinajstić information content (AvgIpc) is 3.46. The standard InChI is InChI=1S/C21H26N6O5/c28-4-3-26(13-20-23-24-25-27(20)12-16-2-1-5-30-16)11-15-8-14-9-18-19(32-7-6-31-18)10-17(14)22-21(15)29/h8-10,16,28H,1-7,11-13H2,(H,22,29). The van der Waals surface area contributed by atoms with E-state index in [1.165, 1.54) is 0 Å². The predicted molar refractivity (Wildman–Crippen MR) is 114 cm³/mol. The summed E-state index contributed by atoms with van der Waals surface area (Å²) in [6.07, 6.45) is 2.15. The number of fused-ring (bicyclic) bond motifs is 2. The summed E-state index contributed by atoms with van der Waals surface area (Å²) in [5, 5.41) is 22.5. The number of nitrogens with one attached hydrogen (secondary N) is 1. The molecule has 1 aromatic carbocycles. The van der Waals surface area contributed by atoms with E-state index in [2.05, 4.69) is 20.5 Å². The minimum absolute atomic E-state index is 0.0442. The highest BCUT2D eigenvalue weighted by Gasteiger charge is 2.21. The van der Waals surface area contributed by atoms with Gasteiger partial charge in [-0.05, 0) is 35.4 Å². The van der Waals surface area contributed by atoms with Gasteiger partial charge in [0.25, 0.3) is 5.56 Å². The van der Waals surface area contributed by atoms with E-state index in [0.29, 0.717) is 67.8 Å². The minimum atomic E-state index is -0.184. The maximum Gasteiger partial charge on any atom is 0.252 e. The van der Waals surface area contributed by atoms with Crippen molar-refractivity contribution in [3.8, 4) is 11.5 Å². The molecule has 0 aliphatic carbocycles. The van der Waals surface area contributed by atoms with Crippen LogP contribution in [0.5, 0.6) is 11.5 Å². The molecule has 4 heterocycles. The zero-order chi connectivity index (χ0) is 21.9. The van der Waals surface area contributed by atoms with Gasteiger partial charge in [-0.25, -0.2) is 4.68 Å². The highest BCUT2D eigenvalue weighted by atomic mass is 16.6. The van der Waals surface area contributed by atoms with E-state index in [9.17, 15) is 9.90 Å². The summed E-state index contributed by atoms with van der Waals surface area (Å²) in [5.74, 6) is 1.97. The number of nitrogens with zero attached hydrogens (tertiary/aromatic N) is 5. The molecule has 11 nitrogen and oxygen atoms in total. The van der Waals surface area contributed by atoms with Gasteiger partial charge in [-0.15, -0.1) is 5.10 Å². The van der Waals surface area contributed by atoms with Crippen molar-refractivity contribution in [3.05, 3.63) is 39.9 Å². The summed E-state index contributed by atoms with van der Waals surface area (Å²) in [6.45, 7) is 3.43. The molecule has 170 valence electrons. The molecule has 1 saturated heterocycles. The highest BCUT2D eigenvalue weighted by Crippen LogP contribution is 2.33. The van der Waals surface area contributed by atoms with E-state index in [-0.39, 0.29) is 18.3 Å². The maximum absolute atomic E-state index is 12.8. The van der Waals surface area contributed by atoms with Crippen LogP contribution in [0.2, 0.25) is 0 Å². The van der Waals surface area contributed by atoms with Gasteiger partial charge in [-0.3, -0.25) is 9.69 Å². The minimum Gasteiger partial charge on any atom is -0.486 e.